The van der Waals surface area contributed by atoms with E-state index in [1.807, 2.05) is 33.9 Å². The van der Waals surface area contributed by atoms with Crippen LogP contribution in [-0.2, 0) is 30.3 Å². The number of carbonyl (C=O) groups excluding carboxylic acids is 1. The van der Waals surface area contributed by atoms with Crippen molar-refractivity contribution in [2.75, 3.05) is 0 Å². The van der Waals surface area contributed by atoms with E-state index in [2.05, 4.69) is 117 Å². The van der Waals surface area contributed by atoms with E-state index in [0.717, 1.165) is 36.9 Å². The van der Waals surface area contributed by atoms with Gasteiger partial charge < -0.3 is 10.1 Å². The monoisotopic (exact) mass is 791 g/mol. The number of aliphatic hydroxyl groups excluding tert-OH is 1. The maximum absolute atomic E-state index is 11.7. The molecular weight excluding hydrogens is 743 g/mol. The molecule has 0 unspecified atom stereocenters. The van der Waals surface area contributed by atoms with Crippen molar-refractivity contribution in [3.8, 4) is 22.4 Å². The Morgan fingerprint density at radius 1 is 0.804 bits per heavy atom. The summed E-state index contributed by atoms with van der Waals surface area (Å²) >= 11 is 0. The number of nitrogens with zero attached hydrogens (tertiary/aromatic N) is 1. The first kappa shape index (κ1) is 36.9. The van der Waals surface area contributed by atoms with E-state index >= 15 is 0 Å². The molecule has 0 aliphatic heterocycles. The first-order valence-corrected chi connectivity index (χ1v) is 16.4. The summed E-state index contributed by atoms with van der Waals surface area (Å²) < 4.78 is 0. The number of fused-ring (bicyclic) bond motifs is 3. The normalized spacial score (nSPS) is 11.8. The van der Waals surface area contributed by atoms with Crippen molar-refractivity contribution in [2.24, 2.45) is 11.8 Å². The van der Waals surface area contributed by atoms with E-state index in [4.69, 9.17) is 0 Å². The zero-order valence-electron chi connectivity index (χ0n) is 28.4. The Balaban J connectivity index is 0.000000309. The largest absolute Gasteiger partial charge is 0.512 e. The van der Waals surface area contributed by atoms with E-state index in [9.17, 15) is 9.90 Å². The van der Waals surface area contributed by atoms with E-state index in [1.165, 1.54) is 44.3 Å². The molecule has 46 heavy (non-hydrogen) atoms. The van der Waals surface area contributed by atoms with Crippen LogP contribution in [0, 0.1) is 17.9 Å². The summed E-state index contributed by atoms with van der Waals surface area (Å²) in [4.78, 5) is 16.3. The number of aromatic nitrogens is 1. The molecule has 4 heteroatoms. The Labute approximate surface area is 289 Å². The zero-order chi connectivity index (χ0) is 32.6. The number of allylic oxidation sites excluding steroid dienone is 2. The third kappa shape index (κ3) is 8.81. The van der Waals surface area contributed by atoms with Gasteiger partial charge in [-0.15, -0.1) is 29.8 Å². The summed E-state index contributed by atoms with van der Waals surface area (Å²) in [6.45, 7) is 14.7. The number of pyridine rings is 1. The fourth-order valence-corrected chi connectivity index (χ4v) is 5.87. The molecule has 0 amide bonds. The fraction of sp³-hybridized carbons (Fsp3) is 0.333. The minimum absolute atomic E-state index is 0. The van der Waals surface area contributed by atoms with Crippen LogP contribution >= 0.6 is 0 Å². The Morgan fingerprint density at radius 2 is 1.41 bits per heavy atom. The van der Waals surface area contributed by atoms with Crippen molar-refractivity contribution < 1.29 is 30.0 Å². The second-order valence-corrected chi connectivity index (χ2v) is 12.9. The summed E-state index contributed by atoms with van der Waals surface area (Å²) in [5.41, 5.74) is 5.79. The molecule has 0 fully saturated rings. The van der Waals surface area contributed by atoms with Gasteiger partial charge in [-0.2, -0.15) is 0 Å². The maximum Gasteiger partial charge on any atom is 0.162 e. The molecule has 3 nitrogen and oxygen atoms in total. The van der Waals surface area contributed by atoms with E-state index < -0.39 is 0 Å². The zero-order valence-corrected chi connectivity index (χ0v) is 30.8. The molecule has 0 aliphatic rings. The predicted octanol–water partition coefficient (Wildman–Crippen LogP) is 11.7. The van der Waals surface area contributed by atoms with Crippen molar-refractivity contribution >= 4 is 27.3 Å². The number of aliphatic hydroxyl groups is 1. The average molecular weight is 791 g/mol. The van der Waals surface area contributed by atoms with Gasteiger partial charge in [0.05, 0.1) is 5.76 Å². The quantitative estimate of drug-likeness (QED) is 0.0700. The van der Waals surface area contributed by atoms with Gasteiger partial charge in [-0.1, -0.05) is 120 Å². The van der Waals surface area contributed by atoms with Crippen LogP contribution in [0.15, 0.2) is 103 Å². The Hall–Kier alpha value is -3.59. The van der Waals surface area contributed by atoms with E-state index in [-0.39, 0.29) is 48.9 Å². The molecule has 1 heterocycles. The van der Waals surface area contributed by atoms with Crippen molar-refractivity contribution in [1.82, 2.24) is 4.98 Å². The van der Waals surface area contributed by atoms with E-state index in [1.54, 1.807) is 0 Å². The summed E-state index contributed by atoms with van der Waals surface area (Å²) in [5.74, 6) is 0.547. The van der Waals surface area contributed by atoms with E-state index in [0.29, 0.717) is 0 Å². The van der Waals surface area contributed by atoms with Crippen molar-refractivity contribution in [1.29, 1.82) is 0 Å². The van der Waals surface area contributed by atoms with Gasteiger partial charge in [0.2, 0.25) is 0 Å². The third-order valence-corrected chi connectivity index (χ3v) is 8.88. The van der Waals surface area contributed by atoms with Crippen LogP contribution in [0.25, 0.3) is 43.9 Å². The summed E-state index contributed by atoms with van der Waals surface area (Å²) in [5, 5.41) is 14.9. The molecule has 1 radical (unpaired) electrons. The van der Waals surface area contributed by atoms with Crippen molar-refractivity contribution in [2.45, 2.75) is 79.6 Å². The van der Waals surface area contributed by atoms with Crippen LogP contribution < -0.4 is 0 Å². The van der Waals surface area contributed by atoms with Crippen LogP contribution in [0.5, 0.6) is 0 Å². The van der Waals surface area contributed by atoms with Crippen LogP contribution in [0.4, 0.5) is 0 Å². The summed E-state index contributed by atoms with van der Waals surface area (Å²) in [6, 6.07) is 33.7. The maximum atomic E-state index is 11.7. The minimum Gasteiger partial charge on any atom is -0.512 e. The topological polar surface area (TPSA) is 50.2 Å². The van der Waals surface area contributed by atoms with Gasteiger partial charge in [0.25, 0.3) is 0 Å². The molecule has 0 aliphatic carbocycles. The number of benzene rings is 4. The Bertz CT molecular complexity index is 1760. The summed E-state index contributed by atoms with van der Waals surface area (Å²) in [7, 11) is 0. The number of hydrogen-bond acceptors (Lipinski definition) is 3. The Morgan fingerprint density at radius 3 is 2.00 bits per heavy atom. The van der Waals surface area contributed by atoms with Crippen LogP contribution in [0.3, 0.4) is 0 Å². The average Bonchev–Trinajstić information content (AvgIpc) is 3.05. The molecule has 0 atom stereocenters. The second kappa shape index (κ2) is 16.8. The molecule has 0 saturated carbocycles. The van der Waals surface area contributed by atoms with Crippen molar-refractivity contribution in [3.05, 3.63) is 115 Å². The molecule has 0 spiro atoms. The second-order valence-electron chi connectivity index (χ2n) is 12.9. The van der Waals surface area contributed by atoms with Gasteiger partial charge in [-0.05, 0) is 70.0 Å². The number of hydrogen-bond donors (Lipinski definition) is 1. The van der Waals surface area contributed by atoms with Crippen LogP contribution in [0.1, 0.15) is 79.7 Å². The predicted molar refractivity (Wildman–Crippen MR) is 192 cm³/mol. The van der Waals surface area contributed by atoms with Gasteiger partial charge in [0, 0.05) is 44.2 Å². The van der Waals surface area contributed by atoms with Gasteiger partial charge in [-0.25, -0.2) is 0 Å². The third-order valence-electron chi connectivity index (χ3n) is 8.88. The molecule has 4 aromatic carbocycles. The van der Waals surface area contributed by atoms with Gasteiger partial charge in [0.15, 0.2) is 5.78 Å². The smallest absolute Gasteiger partial charge is 0.162 e. The minimum atomic E-state index is 0. The molecule has 5 aromatic rings. The number of rotatable bonds is 9. The molecule has 0 saturated heterocycles. The molecule has 1 aromatic heterocycles. The summed E-state index contributed by atoms with van der Waals surface area (Å²) in [6.07, 6.45) is 6.80. The molecule has 1 N–H and O–H groups in total. The fourth-order valence-electron chi connectivity index (χ4n) is 5.87. The number of carbonyl (C=O) groups is 1. The van der Waals surface area contributed by atoms with Crippen LogP contribution in [0.2, 0.25) is 0 Å². The van der Waals surface area contributed by atoms with Crippen LogP contribution in [-0.4, -0.2) is 15.9 Å². The standard InChI is InChI=1S/C29H24N.C13H24O2.Ir/c1-29(2,3)23-16-17-30-28(19-23)21-14-12-20(13-15-21)27-18-22-8-4-5-9-24(22)25-10-6-7-11-26(25)27;1-5-10(6-2)12(14)9-13(15)11(7-3)8-4;/h4-14,16-19H,1-3H3;9-11,14H,5-8H2,1-4H3;/q-1;;/b;12-9-;. The molecule has 243 valence electrons. The molecule has 0 bridgehead atoms. The van der Waals surface area contributed by atoms with Gasteiger partial charge >= 0.3 is 0 Å². The Kier molecular flexibility index (Phi) is 13.5. The van der Waals surface area contributed by atoms with Gasteiger partial charge in [0.1, 0.15) is 0 Å². The first-order valence-electron chi connectivity index (χ1n) is 16.4. The molecular formula is C42H48IrNO2-. The molecule has 5 rings (SSSR count). The van der Waals surface area contributed by atoms with Crippen molar-refractivity contribution in [3.63, 3.8) is 0 Å². The van der Waals surface area contributed by atoms with Gasteiger partial charge in [-0.3, -0.25) is 4.79 Å². The number of ketones is 1. The first-order chi connectivity index (χ1) is 21.6. The SMILES string of the molecule is CC(C)(C)c1ccnc(-c2[c-]cc(-c3cc4ccccc4c4ccccc34)cc2)c1.CCC(CC)C(=O)/C=C(\O)C(CC)CC.[Ir].